The Kier molecular flexibility index (Phi) is 2.24. The van der Waals surface area contributed by atoms with Gasteiger partial charge in [-0.1, -0.05) is 0 Å². The molecule has 0 radical (unpaired) electrons. The average Bonchev–Trinajstić information content (AvgIpc) is 2.56. The Balaban J connectivity index is 2.66. The summed E-state index contributed by atoms with van der Waals surface area (Å²) in [5.41, 5.74) is 1.49. The van der Waals surface area contributed by atoms with E-state index in [1.165, 1.54) is 7.05 Å². The molecular weight excluding hydrogens is 214 g/mol. The maximum absolute atomic E-state index is 11.5. The van der Waals surface area contributed by atoms with Crippen molar-refractivity contribution in [1.29, 1.82) is 0 Å². The molecule has 2 N–H and O–H groups in total. The molecule has 0 bridgehead atoms. The monoisotopic (exact) mass is 225 g/mol. The Bertz CT molecular complexity index is 601. The van der Waals surface area contributed by atoms with Crippen molar-refractivity contribution >= 4 is 21.1 Å². The van der Waals surface area contributed by atoms with E-state index in [0.29, 0.717) is 5.52 Å². The van der Waals surface area contributed by atoms with Crippen LogP contribution in [0.4, 0.5) is 0 Å². The fourth-order valence-corrected chi connectivity index (χ4v) is 2.15. The molecule has 80 valence electrons. The molecule has 0 aliphatic rings. The van der Waals surface area contributed by atoms with E-state index >= 15 is 0 Å². The van der Waals surface area contributed by atoms with Crippen LogP contribution in [0, 0.1) is 6.92 Å². The number of H-pyrrole nitrogens is 1. The molecule has 2 aromatic rings. The number of aryl methyl sites for hydroxylation is 1. The molecule has 0 atom stereocenters. The number of nitrogens with zero attached hydrogens (tertiary/aromatic N) is 1. The summed E-state index contributed by atoms with van der Waals surface area (Å²) >= 11 is 0. The zero-order chi connectivity index (χ0) is 11.1. The van der Waals surface area contributed by atoms with Crippen molar-refractivity contribution in [3.8, 4) is 0 Å². The van der Waals surface area contributed by atoms with E-state index in [9.17, 15) is 8.42 Å². The van der Waals surface area contributed by atoms with Gasteiger partial charge < -0.3 is 4.98 Å². The Hall–Kier alpha value is -1.40. The van der Waals surface area contributed by atoms with E-state index < -0.39 is 10.0 Å². The van der Waals surface area contributed by atoms with Crippen LogP contribution in [0.2, 0.25) is 0 Å². The van der Waals surface area contributed by atoms with E-state index in [1.807, 2.05) is 6.92 Å². The smallest absolute Gasteiger partial charge is 0.240 e. The number of sulfonamides is 1. The van der Waals surface area contributed by atoms with Crippen LogP contribution >= 0.6 is 0 Å². The van der Waals surface area contributed by atoms with Gasteiger partial charge in [0.05, 0.1) is 15.9 Å². The van der Waals surface area contributed by atoms with E-state index in [4.69, 9.17) is 0 Å². The van der Waals surface area contributed by atoms with Crippen LogP contribution in [0.1, 0.15) is 5.82 Å². The lowest BCUT2D eigenvalue weighted by Crippen LogP contribution is -2.18. The third-order valence-corrected chi connectivity index (χ3v) is 3.56. The first-order valence-corrected chi connectivity index (χ1v) is 5.91. The van der Waals surface area contributed by atoms with Crippen molar-refractivity contribution < 1.29 is 8.42 Å². The summed E-state index contributed by atoms with van der Waals surface area (Å²) in [7, 11) is -2.00. The van der Waals surface area contributed by atoms with E-state index in [2.05, 4.69) is 14.7 Å². The predicted molar refractivity (Wildman–Crippen MR) is 57.1 cm³/mol. The Morgan fingerprint density at radius 3 is 2.80 bits per heavy atom. The van der Waals surface area contributed by atoms with Crippen molar-refractivity contribution in [3.63, 3.8) is 0 Å². The molecule has 0 saturated carbocycles. The van der Waals surface area contributed by atoms with Crippen LogP contribution in [-0.4, -0.2) is 25.4 Å². The first kappa shape index (κ1) is 10.1. The van der Waals surface area contributed by atoms with E-state index in [1.54, 1.807) is 18.2 Å². The van der Waals surface area contributed by atoms with Crippen molar-refractivity contribution in [3.05, 3.63) is 24.0 Å². The van der Waals surface area contributed by atoms with Crippen LogP contribution in [0.3, 0.4) is 0 Å². The summed E-state index contributed by atoms with van der Waals surface area (Å²) in [6.07, 6.45) is 0. The van der Waals surface area contributed by atoms with Crippen LogP contribution in [0.15, 0.2) is 23.1 Å². The highest BCUT2D eigenvalue weighted by molar-refractivity contribution is 7.89. The summed E-state index contributed by atoms with van der Waals surface area (Å²) in [6.45, 7) is 1.83. The minimum atomic E-state index is -3.38. The summed E-state index contributed by atoms with van der Waals surface area (Å²) in [5, 5.41) is 0. The van der Waals surface area contributed by atoms with Gasteiger partial charge in [0.2, 0.25) is 10.0 Å². The Morgan fingerprint density at radius 1 is 1.40 bits per heavy atom. The van der Waals surface area contributed by atoms with Crippen molar-refractivity contribution in [2.75, 3.05) is 7.05 Å². The maximum atomic E-state index is 11.5. The van der Waals surface area contributed by atoms with Crippen LogP contribution in [0.5, 0.6) is 0 Å². The number of nitrogens with one attached hydrogen (secondary N) is 2. The number of aromatic nitrogens is 2. The Labute approximate surface area is 87.6 Å². The summed E-state index contributed by atoms with van der Waals surface area (Å²) < 4.78 is 25.3. The standard InChI is InChI=1S/C9H11N3O2S/c1-6-11-8-4-3-7(5-9(8)12-6)15(13,14)10-2/h3-5,10H,1-2H3,(H,11,12). The zero-order valence-electron chi connectivity index (χ0n) is 8.40. The fraction of sp³-hybridized carbons (Fsp3) is 0.222. The molecule has 0 unspecified atom stereocenters. The lowest BCUT2D eigenvalue weighted by Gasteiger charge is -2.00. The molecule has 0 spiro atoms. The van der Waals surface area contributed by atoms with Gasteiger partial charge in [0.15, 0.2) is 0 Å². The second-order valence-electron chi connectivity index (χ2n) is 3.21. The molecule has 0 fully saturated rings. The van der Waals surface area contributed by atoms with Crippen molar-refractivity contribution in [2.24, 2.45) is 0 Å². The van der Waals surface area contributed by atoms with Crippen molar-refractivity contribution in [1.82, 2.24) is 14.7 Å². The lowest BCUT2D eigenvalue weighted by molar-refractivity contribution is 0.588. The largest absolute Gasteiger partial charge is 0.342 e. The summed E-state index contributed by atoms with van der Waals surface area (Å²) in [6, 6.07) is 4.80. The molecule has 0 aliphatic carbocycles. The summed E-state index contributed by atoms with van der Waals surface area (Å²) in [4.78, 5) is 7.43. The quantitative estimate of drug-likeness (QED) is 0.793. The third kappa shape index (κ3) is 1.73. The molecule has 6 heteroatoms. The van der Waals surface area contributed by atoms with Crippen LogP contribution in [0.25, 0.3) is 11.0 Å². The van der Waals surface area contributed by atoms with Gasteiger partial charge in [-0.3, -0.25) is 0 Å². The number of imidazole rings is 1. The highest BCUT2D eigenvalue weighted by Gasteiger charge is 2.12. The minimum absolute atomic E-state index is 0.226. The number of benzene rings is 1. The van der Waals surface area contributed by atoms with Gasteiger partial charge in [-0.15, -0.1) is 0 Å². The molecule has 15 heavy (non-hydrogen) atoms. The molecule has 1 aromatic heterocycles. The maximum Gasteiger partial charge on any atom is 0.240 e. The van der Waals surface area contributed by atoms with Gasteiger partial charge in [0.1, 0.15) is 5.82 Å². The van der Waals surface area contributed by atoms with Gasteiger partial charge in [0.25, 0.3) is 0 Å². The van der Waals surface area contributed by atoms with Crippen LogP contribution in [-0.2, 0) is 10.0 Å². The SMILES string of the molecule is CNS(=O)(=O)c1ccc2[nH]c(C)nc2c1. The van der Waals surface area contributed by atoms with Crippen molar-refractivity contribution in [2.45, 2.75) is 11.8 Å². The van der Waals surface area contributed by atoms with Gasteiger partial charge in [-0.05, 0) is 32.2 Å². The zero-order valence-corrected chi connectivity index (χ0v) is 9.22. The molecule has 0 aliphatic heterocycles. The summed E-state index contributed by atoms with van der Waals surface area (Å²) in [5.74, 6) is 0.768. The molecule has 1 aromatic carbocycles. The van der Waals surface area contributed by atoms with Gasteiger partial charge >= 0.3 is 0 Å². The fourth-order valence-electron chi connectivity index (χ4n) is 1.40. The minimum Gasteiger partial charge on any atom is -0.342 e. The predicted octanol–water partition coefficient (Wildman–Crippen LogP) is 0.779. The number of rotatable bonds is 2. The first-order chi connectivity index (χ1) is 7.03. The second kappa shape index (κ2) is 3.32. The number of hydrogen-bond donors (Lipinski definition) is 2. The van der Waals surface area contributed by atoms with Gasteiger partial charge in [-0.2, -0.15) is 0 Å². The topological polar surface area (TPSA) is 74.8 Å². The van der Waals surface area contributed by atoms with E-state index in [-0.39, 0.29) is 4.90 Å². The number of aromatic amines is 1. The third-order valence-electron chi connectivity index (χ3n) is 2.15. The number of fused-ring (bicyclic) bond motifs is 1. The first-order valence-electron chi connectivity index (χ1n) is 4.43. The molecule has 2 rings (SSSR count). The normalized spacial score (nSPS) is 12.1. The van der Waals surface area contributed by atoms with Crippen LogP contribution < -0.4 is 4.72 Å². The molecule has 0 amide bonds. The van der Waals surface area contributed by atoms with Gasteiger partial charge in [-0.25, -0.2) is 18.1 Å². The highest BCUT2D eigenvalue weighted by atomic mass is 32.2. The average molecular weight is 225 g/mol. The van der Waals surface area contributed by atoms with E-state index in [0.717, 1.165) is 11.3 Å². The number of hydrogen-bond acceptors (Lipinski definition) is 3. The molecular formula is C9H11N3O2S. The highest BCUT2D eigenvalue weighted by Crippen LogP contribution is 2.16. The molecule has 5 nitrogen and oxygen atoms in total. The molecule has 0 saturated heterocycles. The second-order valence-corrected chi connectivity index (χ2v) is 5.10. The molecule has 1 heterocycles. The Morgan fingerprint density at radius 2 is 2.13 bits per heavy atom. The lowest BCUT2D eigenvalue weighted by atomic mass is 10.3. The van der Waals surface area contributed by atoms with Gasteiger partial charge in [0, 0.05) is 0 Å².